The summed E-state index contributed by atoms with van der Waals surface area (Å²) >= 11 is 6.02. The number of carbonyl (C=O) groups excluding carboxylic acids is 1. The zero-order chi connectivity index (χ0) is 19.8. The topological polar surface area (TPSA) is 128 Å². The van der Waals surface area contributed by atoms with E-state index >= 15 is 0 Å². The standard InChI is InChI=1S/C15H16ClN3O6S2/c1-26(21,22)15-17-7-12(16)13(18-15)14(20)19(8-11-3-2-5-25-11)10-4-6-27(23,24)9-10/h2-3,5,7,10H,4,6,8-9H2,1H3/t10-/m0/s1. The monoisotopic (exact) mass is 433 g/mol. The van der Waals surface area contributed by atoms with Gasteiger partial charge in [-0.2, -0.15) is 0 Å². The summed E-state index contributed by atoms with van der Waals surface area (Å²) in [6.45, 7) is 0.000556. The Bertz CT molecular complexity index is 1070. The number of halogens is 1. The van der Waals surface area contributed by atoms with Crippen molar-refractivity contribution in [3.05, 3.63) is 41.1 Å². The second-order valence-corrected chi connectivity index (χ2v) is 10.7. The second-order valence-electron chi connectivity index (χ2n) is 6.19. The Morgan fingerprint density at radius 1 is 1.44 bits per heavy atom. The van der Waals surface area contributed by atoms with E-state index in [1.165, 1.54) is 11.2 Å². The normalized spacial score (nSPS) is 19.1. The summed E-state index contributed by atoms with van der Waals surface area (Å²) in [5.41, 5.74) is -0.303. The average molecular weight is 434 g/mol. The Labute approximate surface area is 161 Å². The van der Waals surface area contributed by atoms with Gasteiger partial charge in [0.05, 0.1) is 35.5 Å². The van der Waals surface area contributed by atoms with Crippen molar-refractivity contribution in [2.75, 3.05) is 17.8 Å². The van der Waals surface area contributed by atoms with E-state index in [1.807, 2.05) is 0 Å². The van der Waals surface area contributed by atoms with Crippen LogP contribution in [0.3, 0.4) is 0 Å². The van der Waals surface area contributed by atoms with Crippen LogP contribution in [0.4, 0.5) is 0 Å². The van der Waals surface area contributed by atoms with Gasteiger partial charge in [0.15, 0.2) is 15.5 Å². The summed E-state index contributed by atoms with van der Waals surface area (Å²) in [4.78, 5) is 21.8. The van der Waals surface area contributed by atoms with E-state index in [2.05, 4.69) is 9.97 Å². The van der Waals surface area contributed by atoms with Gasteiger partial charge < -0.3 is 9.32 Å². The molecule has 146 valence electrons. The van der Waals surface area contributed by atoms with Crippen LogP contribution in [-0.2, 0) is 26.2 Å². The van der Waals surface area contributed by atoms with Crippen LogP contribution in [-0.4, -0.2) is 61.4 Å². The molecule has 27 heavy (non-hydrogen) atoms. The van der Waals surface area contributed by atoms with E-state index in [-0.39, 0.29) is 35.2 Å². The fourth-order valence-corrected chi connectivity index (χ4v) is 5.18. The minimum atomic E-state index is -3.75. The summed E-state index contributed by atoms with van der Waals surface area (Å²) < 4.78 is 52.4. The number of sulfone groups is 2. The molecule has 1 saturated heterocycles. The van der Waals surface area contributed by atoms with Gasteiger partial charge in [0, 0.05) is 12.3 Å². The third kappa shape index (κ3) is 4.47. The molecular formula is C15H16ClN3O6S2. The molecule has 3 rings (SSSR count). The minimum absolute atomic E-state index is 0.000556. The molecule has 0 saturated carbocycles. The smallest absolute Gasteiger partial charge is 0.274 e. The number of hydrogen-bond donors (Lipinski definition) is 0. The Morgan fingerprint density at radius 2 is 2.19 bits per heavy atom. The first kappa shape index (κ1) is 19.8. The minimum Gasteiger partial charge on any atom is -0.467 e. The summed E-state index contributed by atoms with van der Waals surface area (Å²) in [6, 6.07) is 2.69. The highest BCUT2D eigenvalue weighted by Gasteiger charge is 2.36. The molecule has 9 nitrogen and oxygen atoms in total. The number of amides is 1. The molecule has 1 aliphatic rings. The quantitative estimate of drug-likeness (QED) is 0.637. The molecule has 1 amide bonds. The maximum Gasteiger partial charge on any atom is 0.274 e. The molecule has 0 bridgehead atoms. The van der Waals surface area contributed by atoms with Crippen molar-refractivity contribution >= 4 is 37.2 Å². The van der Waals surface area contributed by atoms with Gasteiger partial charge in [0.25, 0.3) is 5.91 Å². The molecule has 3 heterocycles. The first-order chi connectivity index (χ1) is 12.6. The Hall–Kier alpha value is -1.98. The molecule has 1 aliphatic heterocycles. The molecular weight excluding hydrogens is 418 g/mol. The predicted molar refractivity (Wildman–Crippen MR) is 95.8 cm³/mol. The van der Waals surface area contributed by atoms with Gasteiger partial charge in [-0.1, -0.05) is 11.6 Å². The van der Waals surface area contributed by atoms with E-state index in [0.717, 1.165) is 12.5 Å². The first-order valence-corrected chi connectivity index (χ1v) is 11.9. The van der Waals surface area contributed by atoms with Gasteiger partial charge in [-0.15, -0.1) is 0 Å². The highest BCUT2D eigenvalue weighted by atomic mass is 35.5. The lowest BCUT2D eigenvalue weighted by Crippen LogP contribution is -2.41. The predicted octanol–water partition coefficient (Wildman–Crippen LogP) is 0.956. The molecule has 0 N–H and O–H groups in total. The van der Waals surface area contributed by atoms with Gasteiger partial charge in [-0.05, 0) is 18.6 Å². The van der Waals surface area contributed by atoms with Crippen molar-refractivity contribution < 1.29 is 26.0 Å². The Balaban J connectivity index is 2.00. The van der Waals surface area contributed by atoms with E-state index in [0.29, 0.717) is 5.76 Å². The number of furan rings is 1. The van der Waals surface area contributed by atoms with Crippen molar-refractivity contribution in [1.29, 1.82) is 0 Å². The molecule has 0 spiro atoms. The van der Waals surface area contributed by atoms with Crippen molar-refractivity contribution in [2.45, 2.75) is 24.2 Å². The van der Waals surface area contributed by atoms with Crippen LogP contribution in [0.5, 0.6) is 0 Å². The molecule has 1 atom stereocenters. The molecule has 0 unspecified atom stereocenters. The number of hydrogen-bond acceptors (Lipinski definition) is 8. The van der Waals surface area contributed by atoms with Crippen LogP contribution in [0.1, 0.15) is 22.7 Å². The van der Waals surface area contributed by atoms with Crippen molar-refractivity contribution in [3.63, 3.8) is 0 Å². The summed E-state index contributed by atoms with van der Waals surface area (Å²) in [6.07, 6.45) is 3.64. The number of carbonyl (C=O) groups is 1. The number of nitrogens with zero attached hydrogens (tertiary/aromatic N) is 3. The Kier molecular flexibility index (Phi) is 5.28. The molecule has 2 aromatic heterocycles. The molecule has 2 aromatic rings. The van der Waals surface area contributed by atoms with Crippen LogP contribution in [0, 0.1) is 0 Å². The fourth-order valence-electron chi connectivity index (χ4n) is 2.77. The van der Waals surface area contributed by atoms with Crippen LogP contribution in [0.15, 0.2) is 34.2 Å². The summed E-state index contributed by atoms with van der Waals surface area (Å²) in [5.74, 6) is -0.473. The largest absolute Gasteiger partial charge is 0.467 e. The fraction of sp³-hybridized carbons (Fsp3) is 0.400. The molecule has 1 fully saturated rings. The number of aromatic nitrogens is 2. The zero-order valence-electron chi connectivity index (χ0n) is 14.2. The summed E-state index contributed by atoms with van der Waals surface area (Å²) in [7, 11) is -7.02. The first-order valence-electron chi connectivity index (χ1n) is 7.83. The van der Waals surface area contributed by atoms with E-state index in [4.69, 9.17) is 16.0 Å². The highest BCUT2D eigenvalue weighted by molar-refractivity contribution is 7.91. The molecule has 0 aromatic carbocycles. The van der Waals surface area contributed by atoms with Crippen molar-refractivity contribution in [3.8, 4) is 0 Å². The molecule has 0 aliphatic carbocycles. The number of rotatable bonds is 5. The van der Waals surface area contributed by atoms with Crippen LogP contribution < -0.4 is 0 Å². The van der Waals surface area contributed by atoms with Crippen LogP contribution >= 0.6 is 11.6 Å². The lowest BCUT2D eigenvalue weighted by atomic mass is 10.2. The molecule has 12 heteroatoms. The maximum absolute atomic E-state index is 13.1. The zero-order valence-corrected chi connectivity index (χ0v) is 16.6. The van der Waals surface area contributed by atoms with Crippen LogP contribution in [0.2, 0.25) is 5.02 Å². The van der Waals surface area contributed by atoms with E-state index in [9.17, 15) is 21.6 Å². The van der Waals surface area contributed by atoms with E-state index < -0.39 is 36.8 Å². The Morgan fingerprint density at radius 3 is 2.74 bits per heavy atom. The van der Waals surface area contributed by atoms with Gasteiger partial charge in [-0.25, -0.2) is 26.8 Å². The van der Waals surface area contributed by atoms with Crippen molar-refractivity contribution in [1.82, 2.24) is 14.9 Å². The maximum atomic E-state index is 13.1. The van der Waals surface area contributed by atoms with Gasteiger partial charge in [-0.3, -0.25) is 4.79 Å². The summed E-state index contributed by atoms with van der Waals surface area (Å²) in [5, 5.41) is -0.662. The van der Waals surface area contributed by atoms with Gasteiger partial charge in [0.2, 0.25) is 15.0 Å². The van der Waals surface area contributed by atoms with E-state index in [1.54, 1.807) is 12.1 Å². The lowest BCUT2D eigenvalue weighted by molar-refractivity contribution is 0.0659. The average Bonchev–Trinajstić information content (AvgIpc) is 3.20. The molecule has 0 radical (unpaired) electrons. The van der Waals surface area contributed by atoms with Crippen LogP contribution in [0.25, 0.3) is 0 Å². The van der Waals surface area contributed by atoms with Gasteiger partial charge >= 0.3 is 0 Å². The second kappa shape index (κ2) is 7.21. The lowest BCUT2D eigenvalue weighted by Gasteiger charge is -2.27. The van der Waals surface area contributed by atoms with Gasteiger partial charge in [0.1, 0.15) is 5.76 Å². The SMILES string of the molecule is CS(=O)(=O)c1ncc(Cl)c(C(=O)N(Cc2ccco2)[C@H]2CCS(=O)(=O)C2)n1. The highest BCUT2D eigenvalue weighted by Crippen LogP contribution is 2.24. The van der Waals surface area contributed by atoms with Crippen molar-refractivity contribution in [2.24, 2.45) is 0 Å². The third-order valence-corrected chi connectivity index (χ3v) is 6.96. The third-order valence-electron chi connectivity index (χ3n) is 4.07.